The Morgan fingerprint density at radius 1 is 0.606 bits per heavy atom. The number of aryl methyl sites for hydroxylation is 1. The highest BCUT2D eigenvalue weighted by atomic mass is 19.4. The Labute approximate surface area is 538 Å². The number of rotatable bonds is 25. The van der Waals surface area contributed by atoms with Crippen LogP contribution in [-0.2, 0) is 51.5 Å². The summed E-state index contributed by atoms with van der Waals surface area (Å²) in [5.74, 6) is -4.55. The molecule has 1 saturated heterocycles. The smallest absolute Gasteiger partial charge is 0.490 e. The first-order valence-corrected chi connectivity index (χ1v) is 30.2. The number of aromatic nitrogens is 2. The SMILES string of the molecule is CCOc1cc2ncc(C(N)=O)c(Nc3cccc(CNC(=O)[C@@H](N)CCc4ccccc4)c3CC)c2cc1OCC.CCOc1cc2ncc(C(N)=O)c(Nc3cccc(CNC(=O)[C@H]4CCCNC4)c3CC)c2cc1OCC.O=C(O)C(F)(F)F.O=C(O)C(F)(F)F. The van der Waals surface area contributed by atoms with E-state index in [-0.39, 0.29) is 28.9 Å². The zero-order valence-electron chi connectivity index (χ0n) is 52.7. The normalized spacial score (nSPS) is 13.0. The van der Waals surface area contributed by atoms with E-state index in [0.29, 0.717) is 115 Å². The van der Waals surface area contributed by atoms with E-state index in [1.165, 1.54) is 12.4 Å². The number of anilines is 4. The number of aliphatic carboxylic acids is 2. The molecule has 22 nitrogen and oxygen atoms in total. The van der Waals surface area contributed by atoms with Gasteiger partial charge in [-0.15, -0.1) is 0 Å². The van der Waals surface area contributed by atoms with Crippen LogP contribution in [0.3, 0.4) is 0 Å². The largest absolute Gasteiger partial charge is 0.490 e. The molecule has 94 heavy (non-hydrogen) atoms. The van der Waals surface area contributed by atoms with Crippen LogP contribution in [0.5, 0.6) is 23.0 Å². The topological polar surface area (TPSA) is 344 Å². The average molecular weight is 1320 g/mol. The summed E-state index contributed by atoms with van der Waals surface area (Å²) in [5.41, 5.74) is 27.4. The number of benzene rings is 5. The van der Waals surface area contributed by atoms with Crippen LogP contribution in [0.2, 0.25) is 0 Å². The van der Waals surface area contributed by atoms with Crippen molar-refractivity contribution in [2.24, 2.45) is 23.1 Å². The highest BCUT2D eigenvalue weighted by molar-refractivity contribution is 6.09. The summed E-state index contributed by atoms with van der Waals surface area (Å²) >= 11 is 0. The van der Waals surface area contributed by atoms with E-state index in [4.69, 9.17) is 56.0 Å². The minimum absolute atomic E-state index is 0.00226. The molecule has 3 heterocycles. The van der Waals surface area contributed by atoms with Crippen LogP contribution in [0.1, 0.15) is 109 Å². The number of nitrogens with two attached hydrogens (primary N) is 3. The fraction of sp³-hybridized carbons (Fsp3) is 0.364. The van der Waals surface area contributed by atoms with Gasteiger partial charge in [-0.05, 0) is 125 Å². The van der Waals surface area contributed by atoms with Crippen molar-refractivity contribution in [3.63, 3.8) is 0 Å². The Kier molecular flexibility index (Phi) is 28.4. The second kappa shape index (κ2) is 35.7. The van der Waals surface area contributed by atoms with Gasteiger partial charge in [-0.25, -0.2) is 9.59 Å². The second-order valence-electron chi connectivity index (χ2n) is 20.7. The summed E-state index contributed by atoms with van der Waals surface area (Å²) in [4.78, 5) is 77.2. The lowest BCUT2D eigenvalue weighted by Gasteiger charge is -2.23. The summed E-state index contributed by atoms with van der Waals surface area (Å²) in [5, 5.41) is 31.9. The number of alkyl halides is 6. The Bertz CT molecular complexity index is 3720. The minimum Gasteiger partial charge on any atom is -0.490 e. The number of carboxylic acids is 2. The number of nitrogens with one attached hydrogen (secondary N) is 5. The summed E-state index contributed by atoms with van der Waals surface area (Å²) < 4.78 is 86.7. The molecular formula is C66H78F6N10O12. The van der Waals surface area contributed by atoms with Gasteiger partial charge in [-0.2, -0.15) is 26.3 Å². The van der Waals surface area contributed by atoms with Crippen LogP contribution in [-0.4, -0.2) is 114 Å². The molecule has 0 unspecified atom stereocenters. The fourth-order valence-corrected chi connectivity index (χ4v) is 9.87. The zero-order valence-corrected chi connectivity index (χ0v) is 52.7. The van der Waals surface area contributed by atoms with Crippen molar-refractivity contribution in [1.29, 1.82) is 0 Å². The summed E-state index contributed by atoms with van der Waals surface area (Å²) in [6.45, 7) is 16.0. The number of fused-ring (bicyclic) bond motifs is 2. The summed E-state index contributed by atoms with van der Waals surface area (Å²) in [7, 11) is 0. The maximum absolute atomic E-state index is 12.8. The molecule has 506 valence electrons. The van der Waals surface area contributed by atoms with Gasteiger partial charge in [-0.3, -0.25) is 29.1 Å². The van der Waals surface area contributed by atoms with E-state index in [9.17, 15) is 45.5 Å². The van der Waals surface area contributed by atoms with Gasteiger partial charge in [-0.1, -0.05) is 68.4 Å². The Morgan fingerprint density at radius 2 is 1.02 bits per heavy atom. The Balaban J connectivity index is 0.000000283. The number of ether oxygens (including phenoxy) is 4. The zero-order chi connectivity index (χ0) is 69.3. The number of hydrogen-bond acceptors (Lipinski definition) is 16. The monoisotopic (exact) mass is 1320 g/mol. The predicted molar refractivity (Wildman–Crippen MR) is 343 cm³/mol. The molecule has 2 atom stereocenters. The number of carbonyl (C=O) groups excluding carboxylic acids is 4. The maximum atomic E-state index is 12.8. The van der Waals surface area contributed by atoms with E-state index >= 15 is 0 Å². The highest BCUT2D eigenvalue weighted by Crippen LogP contribution is 2.40. The Morgan fingerprint density at radius 3 is 1.39 bits per heavy atom. The molecule has 4 amide bonds. The third kappa shape index (κ3) is 21.3. The molecule has 1 fully saturated rings. The lowest BCUT2D eigenvalue weighted by Crippen LogP contribution is -2.40. The quantitative estimate of drug-likeness (QED) is 0.0238. The van der Waals surface area contributed by atoms with Gasteiger partial charge < -0.3 is 72.9 Å². The lowest BCUT2D eigenvalue weighted by molar-refractivity contribution is -0.193. The van der Waals surface area contributed by atoms with E-state index < -0.39 is 42.1 Å². The predicted octanol–water partition coefficient (Wildman–Crippen LogP) is 10.3. The van der Waals surface area contributed by atoms with Crippen LogP contribution < -0.4 is 62.7 Å². The molecular weight excluding hydrogens is 1240 g/mol. The number of carbonyl (C=O) groups is 6. The molecule has 5 aromatic carbocycles. The van der Waals surface area contributed by atoms with Crippen molar-refractivity contribution in [1.82, 2.24) is 25.9 Å². The molecule has 0 radical (unpaired) electrons. The maximum Gasteiger partial charge on any atom is 0.490 e. The van der Waals surface area contributed by atoms with Gasteiger partial charge in [0.1, 0.15) is 0 Å². The molecule has 13 N–H and O–H groups in total. The number of hydrogen-bond donors (Lipinski definition) is 10. The van der Waals surface area contributed by atoms with E-state index in [1.54, 1.807) is 6.07 Å². The van der Waals surface area contributed by atoms with Gasteiger partial charge in [0, 0.05) is 66.3 Å². The first-order chi connectivity index (χ1) is 44.7. The molecule has 28 heteroatoms. The number of piperidine rings is 1. The lowest BCUT2D eigenvalue weighted by atomic mass is 9.98. The summed E-state index contributed by atoms with van der Waals surface area (Å²) in [6.07, 6.45) is -2.61. The molecule has 2 aromatic heterocycles. The molecule has 1 aliphatic rings. The van der Waals surface area contributed by atoms with E-state index in [0.717, 1.165) is 71.4 Å². The number of nitrogens with zero attached hydrogens (tertiary/aromatic N) is 2. The van der Waals surface area contributed by atoms with Crippen molar-refractivity contribution in [3.05, 3.63) is 142 Å². The third-order valence-corrected chi connectivity index (χ3v) is 14.4. The highest BCUT2D eigenvalue weighted by Gasteiger charge is 2.39. The van der Waals surface area contributed by atoms with Gasteiger partial charge in [0.2, 0.25) is 11.8 Å². The summed E-state index contributed by atoms with van der Waals surface area (Å²) in [6, 6.07) is 28.4. The van der Waals surface area contributed by atoms with Crippen LogP contribution in [0.4, 0.5) is 49.1 Å². The molecule has 1 aliphatic heterocycles. The van der Waals surface area contributed by atoms with Crippen molar-refractivity contribution in [2.75, 3.05) is 50.2 Å². The number of halogens is 6. The third-order valence-electron chi connectivity index (χ3n) is 14.4. The first kappa shape index (κ1) is 74.8. The van der Waals surface area contributed by atoms with Crippen LogP contribution in [0.15, 0.2) is 103 Å². The standard InChI is InChI=1S/C33H39N5O4.C29H37N5O4.2C2HF3O2/c1-4-23-22(19-37-33(40)26(34)16-15-21-11-8-7-9-12-21)13-10-14-27(23)38-31-24-17-29(41-5-2)30(42-6-3)18-28(24)36-20-25(31)32(35)39;1-4-20-18(16-33-29(36)19-10-8-12-31-15-19)9-7-11-23(20)34-27-21-13-25(37-5-2)26(38-6-3)14-24(21)32-17-22(27)28(30)35;2*3-2(4,5)1(6)7/h7-14,17-18,20,26H,4-6,15-16,19,34H2,1-3H3,(H2,35,39)(H,36,38)(H,37,40);7,9,11,13-14,17,19,31H,4-6,8,10,12,15-16H2,1-3H3,(H2,30,35)(H,32,34)(H,33,36);2*(H,6,7)/t26-;19-;;/m00../s1. The van der Waals surface area contributed by atoms with Gasteiger partial charge in [0.05, 0.1) is 71.9 Å². The van der Waals surface area contributed by atoms with Crippen molar-refractivity contribution in [2.45, 2.75) is 112 Å². The molecule has 0 saturated carbocycles. The number of pyridine rings is 2. The fourth-order valence-electron chi connectivity index (χ4n) is 9.87. The molecule has 0 aliphatic carbocycles. The molecule has 0 bridgehead atoms. The van der Waals surface area contributed by atoms with Crippen molar-refractivity contribution < 1.29 is 84.3 Å². The molecule has 8 rings (SSSR count). The van der Waals surface area contributed by atoms with Gasteiger partial charge >= 0.3 is 24.3 Å². The Hall–Kier alpha value is -9.96. The van der Waals surface area contributed by atoms with E-state index in [1.807, 2.05) is 120 Å². The van der Waals surface area contributed by atoms with Gasteiger partial charge in [0.15, 0.2) is 23.0 Å². The van der Waals surface area contributed by atoms with Crippen molar-refractivity contribution in [3.8, 4) is 23.0 Å². The van der Waals surface area contributed by atoms with Crippen LogP contribution in [0, 0.1) is 5.92 Å². The molecule has 0 spiro atoms. The van der Waals surface area contributed by atoms with E-state index in [2.05, 4.69) is 43.5 Å². The number of carboxylic acid groups (broad SMARTS) is 2. The number of primary amides is 2. The second-order valence-corrected chi connectivity index (χ2v) is 20.7. The number of amides is 4. The van der Waals surface area contributed by atoms with Crippen molar-refractivity contribution >= 4 is 80.1 Å². The molecule has 7 aromatic rings. The van der Waals surface area contributed by atoms with Crippen LogP contribution in [0.25, 0.3) is 21.8 Å². The van der Waals surface area contributed by atoms with Gasteiger partial charge in [0.25, 0.3) is 11.8 Å². The minimum atomic E-state index is -5.08. The average Bonchev–Trinajstić information content (AvgIpc) is 0.893. The first-order valence-electron chi connectivity index (χ1n) is 30.2. The van der Waals surface area contributed by atoms with Crippen LogP contribution >= 0.6 is 0 Å².